The minimum Gasteiger partial charge on any atom is -0.489 e. The minimum atomic E-state index is -4.86. The van der Waals surface area contributed by atoms with Gasteiger partial charge >= 0.3 is 6.18 Å². The summed E-state index contributed by atoms with van der Waals surface area (Å²) in [7, 11) is 0. The molecule has 5 aromatic rings. The molecule has 5 rings (SSSR count). The lowest BCUT2D eigenvalue weighted by Gasteiger charge is -2.15. The van der Waals surface area contributed by atoms with E-state index in [-0.39, 0.29) is 23.1 Å². The van der Waals surface area contributed by atoms with E-state index in [0.29, 0.717) is 11.1 Å². The first-order valence-electron chi connectivity index (χ1n) is 10.7. The van der Waals surface area contributed by atoms with Crippen LogP contribution in [0, 0.1) is 6.92 Å². The molecule has 4 aromatic carbocycles. The Morgan fingerprint density at radius 3 is 2.35 bits per heavy atom. The average molecular weight is 460 g/mol. The van der Waals surface area contributed by atoms with E-state index in [0.717, 1.165) is 16.5 Å². The molecule has 6 heteroatoms. The van der Waals surface area contributed by atoms with Gasteiger partial charge in [-0.2, -0.15) is 13.2 Å². The van der Waals surface area contributed by atoms with Crippen LogP contribution in [0.1, 0.15) is 16.9 Å². The van der Waals surface area contributed by atoms with Crippen LogP contribution in [0.5, 0.6) is 5.75 Å². The number of halogens is 3. The summed E-state index contributed by atoms with van der Waals surface area (Å²) in [6.07, 6.45) is -4.86. The zero-order valence-corrected chi connectivity index (χ0v) is 18.1. The summed E-state index contributed by atoms with van der Waals surface area (Å²) in [4.78, 5) is 13.4. The highest BCUT2D eigenvalue weighted by Gasteiger charge is 2.39. The molecule has 0 aliphatic rings. The molecular formula is C28H19F3O3. The first-order valence-corrected chi connectivity index (χ1v) is 10.7. The maximum atomic E-state index is 14.1. The molecule has 0 N–H and O–H groups in total. The molecule has 0 radical (unpaired) electrons. The lowest BCUT2D eigenvalue weighted by atomic mass is 9.96. The van der Waals surface area contributed by atoms with Gasteiger partial charge in [0.05, 0.1) is 10.9 Å². The van der Waals surface area contributed by atoms with Crippen molar-refractivity contribution >= 4 is 21.7 Å². The van der Waals surface area contributed by atoms with E-state index in [1.807, 2.05) is 31.2 Å². The molecule has 0 saturated heterocycles. The Balaban J connectivity index is 1.64. The van der Waals surface area contributed by atoms with Crippen LogP contribution in [-0.4, -0.2) is 0 Å². The smallest absolute Gasteiger partial charge is 0.450 e. The molecule has 0 spiro atoms. The summed E-state index contributed by atoms with van der Waals surface area (Å²) in [6.45, 7) is 2.21. The predicted octanol–water partition coefficient (Wildman–Crippen LogP) is 7.52. The summed E-state index contributed by atoms with van der Waals surface area (Å²) < 4.78 is 53.3. The lowest BCUT2D eigenvalue weighted by molar-refractivity contribution is -0.152. The van der Waals surface area contributed by atoms with Gasteiger partial charge in [-0.25, -0.2) is 0 Å². The Morgan fingerprint density at radius 1 is 0.853 bits per heavy atom. The number of hydrogen-bond acceptors (Lipinski definition) is 3. The van der Waals surface area contributed by atoms with Crippen LogP contribution in [0.3, 0.4) is 0 Å². The molecule has 0 aliphatic carbocycles. The quantitative estimate of drug-likeness (QED) is 0.278. The van der Waals surface area contributed by atoms with E-state index in [2.05, 4.69) is 0 Å². The Bertz CT molecular complexity index is 1560. The summed E-state index contributed by atoms with van der Waals surface area (Å²) in [6, 6.07) is 24.0. The first-order chi connectivity index (χ1) is 16.3. The van der Waals surface area contributed by atoms with Crippen LogP contribution in [0.15, 0.2) is 94.1 Å². The minimum absolute atomic E-state index is 0.0543. The van der Waals surface area contributed by atoms with Gasteiger partial charge in [0.15, 0.2) is 0 Å². The van der Waals surface area contributed by atoms with Crippen molar-refractivity contribution in [3.63, 3.8) is 0 Å². The van der Waals surface area contributed by atoms with Crippen LogP contribution >= 0.6 is 0 Å². The number of alkyl halides is 3. The van der Waals surface area contributed by atoms with Crippen LogP contribution in [0.2, 0.25) is 0 Å². The van der Waals surface area contributed by atoms with Gasteiger partial charge in [-0.1, -0.05) is 72.3 Å². The molecule has 1 aromatic heterocycles. The van der Waals surface area contributed by atoms with Crippen LogP contribution < -0.4 is 10.2 Å². The fourth-order valence-corrected chi connectivity index (χ4v) is 4.00. The van der Waals surface area contributed by atoms with E-state index in [4.69, 9.17) is 9.15 Å². The maximum Gasteiger partial charge on any atom is 0.450 e. The number of fused-ring (bicyclic) bond motifs is 2. The number of ether oxygens (including phenoxy) is 1. The second kappa shape index (κ2) is 8.37. The van der Waals surface area contributed by atoms with Crippen molar-refractivity contribution in [3.8, 4) is 16.9 Å². The van der Waals surface area contributed by atoms with E-state index >= 15 is 0 Å². The molecule has 0 saturated carbocycles. The van der Waals surface area contributed by atoms with Gasteiger partial charge in [0.25, 0.3) is 0 Å². The Kier molecular flexibility index (Phi) is 5.36. The summed E-state index contributed by atoms with van der Waals surface area (Å²) in [5.41, 5.74) is 0.788. The second-order valence-corrected chi connectivity index (χ2v) is 8.09. The van der Waals surface area contributed by atoms with E-state index < -0.39 is 22.9 Å². The fourth-order valence-electron chi connectivity index (χ4n) is 4.00. The van der Waals surface area contributed by atoms with E-state index in [9.17, 15) is 18.0 Å². The molecule has 3 nitrogen and oxygen atoms in total. The van der Waals surface area contributed by atoms with Crippen molar-refractivity contribution in [2.45, 2.75) is 19.7 Å². The summed E-state index contributed by atoms with van der Waals surface area (Å²) >= 11 is 0. The average Bonchev–Trinajstić information content (AvgIpc) is 2.83. The molecule has 0 fully saturated rings. The molecule has 0 atom stereocenters. The Hall–Kier alpha value is -4.06. The normalized spacial score (nSPS) is 11.8. The van der Waals surface area contributed by atoms with E-state index in [1.165, 1.54) is 18.2 Å². The maximum absolute atomic E-state index is 14.1. The lowest BCUT2D eigenvalue weighted by Crippen LogP contribution is -2.16. The van der Waals surface area contributed by atoms with Gasteiger partial charge in [0.1, 0.15) is 17.9 Å². The van der Waals surface area contributed by atoms with Crippen molar-refractivity contribution in [3.05, 3.63) is 112 Å². The zero-order chi connectivity index (χ0) is 23.9. The van der Waals surface area contributed by atoms with Gasteiger partial charge in [-0.15, -0.1) is 0 Å². The molecular weight excluding hydrogens is 441 g/mol. The largest absolute Gasteiger partial charge is 0.489 e. The summed E-state index contributed by atoms with van der Waals surface area (Å²) in [5.74, 6) is -1.01. The van der Waals surface area contributed by atoms with Crippen molar-refractivity contribution < 1.29 is 22.3 Å². The SMILES string of the molecule is Cc1ccc(COc2ccc3c(=O)c(-c4cccc5ccccc45)c(C(F)(F)F)oc3c2)cc1. The monoisotopic (exact) mass is 460 g/mol. The van der Waals surface area contributed by atoms with Gasteiger partial charge < -0.3 is 9.15 Å². The molecule has 0 amide bonds. The number of hydrogen-bond donors (Lipinski definition) is 0. The number of aryl methyl sites for hydroxylation is 1. The number of benzene rings is 4. The van der Waals surface area contributed by atoms with Gasteiger partial charge in [-0.3, -0.25) is 4.79 Å². The Morgan fingerprint density at radius 2 is 1.59 bits per heavy atom. The molecule has 170 valence electrons. The number of rotatable bonds is 4. The third-order valence-electron chi connectivity index (χ3n) is 5.71. The van der Waals surface area contributed by atoms with Crippen LogP contribution in [-0.2, 0) is 12.8 Å². The Labute approximate surface area is 193 Å². The third kappa shape index (κ3) is 4.03. The van der Waals surface area contributed by atoms with Gasteiger partial charge in [0.2, 0.25) is 11.2 Å². The van der Waals surface area contributed by atoms with Crippen molar-refractivity contribution in [1.29, 1.82) is 0 Å². The van der Waals surface area contributed by atoms with Crippen molar-refractivity contribution in [2.24, 2.45) is 0 Å². The van der Waals surface area contributed by atoms with Crippen molar-refractivity contribution in [2.75, 3.05) is 0 Å². The highest BCUT2D eigenvalue weighted by Crippen LogP contribution is 2.39. The topological polar surface area (TPSA) is 39.4 Å². The molecule has 0 bridgehead atoms. The molecule has 34 heavy (non-hydrogen) atoms. The first kappa shape index (κ1) is 21.8. The molecule has 1 heterocycles. The van der Waals surface area contributed by atoms with E-state index in [1.54, 1.807) is 42.5 Å². The highest BCUT2D eigenvalue weighted by atomic mass is 19.4. The van der Waals surface area contributed by atoms with Gasteiger partial charge in [-0.05, 0) is 41.0 Å². The van der Waals surface area contributed by atoms with Gasteiger partial charge in [0, 0.05) is 6.07 Å². The fraction of sp³-hybridized carbons (Fsp3) is 0.107. The second-order valence-electron chi connectivity index (χ2n) is 8.09. The zero-order valence-electron chi connectivity index (χ0n) is 18.1. The van der Waals surface area contributed by atoms with Crippen molar-refractivity contribution in [1.82, 2.24) is 0 Å². The third-order valence-corrected chi connectivity index (χ3v) is 5.71. The predicted molar refractivity (Wildman–Crippen MR) is 126 cm³/mol. The highest BCUT2D eigenvalue weighted by molar-refractivity contribution is 5.98. The van der Waals surface area contributed by atoms with Crippen LogP contribution in [0.4, 0.5) is 13.2 Å². The standard InChI is InChI=1S/C28H19F3O3/c1-17-9-11-18(12-10-17)16-33-20-13-14-23-24(15-20)34-27(28(29,30)31)25(26(23)32)22-8-4-6-19-5-2-3-7-21(19)22/h2-15H,16H2,1H3. The molecule has 0 unspecified atom stereocenters. The summed E-state index contributed by atoms with van der Waals surface area (Å²) in [5, 5.41) is 1.33. The van der Waals surface area contributed by atoms with Crippen LogP contribution in [0.25, 0.3) is 32.9 Å². The molecule has 0 aliphatic heterocycles.